The average molecular weight is 192 g/mol. The van der Waals surface area contributed by atoms with Crippen LogP contribution >= 0.6 is 0 Å². The molecular weight excluding hydrogens is 180 g/mol. The molecule has 3 aliphatic rings. The normalized spacial score (nSPS) is 39.9. The molecule has 5 nitrogen and oxygen atoms in total. The summed E-state index contributed by atoms with van der Waals surface area (Å²) in [5, 5.41) is 0. The van der Waals surface area contributed by atoms with Gasteiger partial charge in [-0.15, -0.1) is 0 Å². The first kappa shape index (κ1) is 8.11. The van der Waals surface area contributed by atoms with Gasteiger partial charge < -0.3 is 5.43 Å². The lowest BCUT2D eigenvalue weighted by molar-refractivity contribution is -0.122. The Morgan fingerprint density at radius 3 is 3.36 bits per heavy atom. The van der Waals surface area contributed by atoms with E-state index in [4.69, 9.17) is 0 Å². The molecule has 0 amide bonds. The van der Waals surface area contributed by atoms with Crippen LogP contribution in [0.5, 0.6) is 0 Å². The van der Waals surface area contributed by atoms with Gasteiger partial charge in [0.25, 0.3) is 0 Å². The summed E-state index contributed by atoms with van der Waals surface area (Å²) in [4.78, 5) is 20.1. The van der Waals surface area contributed by atoms with Gasteiger partial charge in [0.15, 0.2) is 5.78 Å². The molecule has 3 aliphatic heterocycles. The predicted octanol–water partition coefficient (Wildman–Crippen LogP) is -0.849. The third-order valence-electron chi connectivity index (χ3n) is 3.11. The highest BCUT2D eigenvalue weighted by atomic mass is 16.1. The standard InChI is InChI=1S/C9H12N4O/c14-8-4-10-3-7-6(8)1-5-2-11-13-9(5)12-7/h3,5-7,11H,1-2,4H2,(H,12,13). The van der Waals surface area contributed by atoms with E-state index in [0.29, 0.717) is 12.5 Å². The fraction of sp³-hybridized carbons (Fsp3) is 0.667. The molecule has 0 aromatic rings. The van der Waals surface area contributed by atoms with E-state index in [-0.39, 0.29) is 17.7 Å². The Labute approximate surface area is 81.7 Å². The predicted molar refractivity (Wildman–Crippen MR) is 52.3 cm³/mol. The molecule has 14 heavy (non-hydrogen) atoms. The minimum Gasteiger partial charge on any atom is -0.309 e. The van der Waals surface area contributed by atoms with Crippen molar-refractivity contribution in [3.8, 4) is 0 Å². The molecule has 1 saturated heterocycles. The number of nitrogens with one attached hydrogen (secondary N) is 2. The smallest absolute Gasteiger partial charge is 0.159 e. The number of ketones is 1. The quantitative estimate of drug-likeness (QED) is 0.525. The molecule has 0 aliphatic carbocycles. The van der Waals surface area contributed by atoms with Crippen LogP contribution in [0.3, 0.4) is 0 Å². The summed E-state index contributed by atoms with van der Waals surface area (Å²) in [7, 11) is 0. The summed E-state index contributed by atoms with van der Waals surface area (Å²) in [6, 6.07) is -0.0186. The average Bonchev–Trinajstić information content (AvgIpc) is 2.62. The summed E-state index contributed by atoms with van der Waals surface area (Å²) in [5.41, 5.74) is 6.09. The molecule has 3 unspecified atom stereocenters. The highest BCUT2D eigenvalue weighted by molar-refractivity contribution is 5.96. The topological polar surface area (TPSA) is 65.8 Å². The Bertz CT molecular complexity index is 336. The monoisotopic (exact) mass is 192 g/mol. The largest absolute Gasteiger partial charge is 0.309 e. The van der Waals surface area contributed by atoms with E-state index < -0.39 is 0 Å². The highest BCUT2D eigenvalue weighted by Crippen LogP contribution is 2.27. The van der Waals surface area contributed by atoms with Crippen molar-refractivity contribution in [3.63, 3.8) is 0 Å². The van der Waals surface area contributed by atoms with Crippen molar-refractivity contribution in [3.05, 3.63) is 0 Å². The number of Topliss-reactive ketones (excluding diaryl/α,β-unsaturated/α-hetero) is 1. The minimum absolute atomic E-state index is 0.0186. The van der Waals surface area contributed by atoms with Crippen LogP contribution in [0.1, 0.15) is 6.42 Å². The van der Waals surface area contributed by atoms with Gasteiger partial charge in [0, 0.05) is 24.6 Å². The van der Waals surface area contributed by atoms with Crippen LogP contribution in [0, 0.1) is 11.8 Å². The fourth-order valence-corrected chi connectivity index (χ4v) is 2.32. The Kier molecular flexibility index (Phi) is 1.67. The molecule has 74 valence electrons. The molecule has 0 aromatic heterocycles. The molecule has 0 saturated carbocycles. The number of nitrogens with zero attached hydrogens (tertiary/aromatic N) is 2. The highest BCUT2D eigenvalue weighted by Gasteiger charge is 2.39. The summed E-state index contributed by atoms with van der Waals surface area (Å²) < 4.78 is 0. The molecule has 3 rings (SSSR count). The van der Waals surface area contributed by atoms with Gasteiger partial charge in [-0.3, -0.25) is 14.8 Å². The van der Waals surface area contributed by atoms with Gasteiger partial charge >= 0.3 is 0 Å². The van der Waals surface area contributed by atoms with E-state index in [0.717, 1.165) is 18.8 Å². The zero-order chi connectivity index (χ0) is 9.54. The summed E-state index contributed by atoms with van der Waals surface area (Å²) in [6.45, 7) is 1.23. The van der Waals surface area contributed by atoms with Gasteiger partial charge in [-0.25, -0.2) is 5.43 Å². The number of hydrogen-bond donors (Lipinski definition) is 2. The zero-order valence-corrected chi connectivity index (χ0v) is 7.73. The number of carbonyl (C=O) groups excluding carboxylic acids is 1. The number of hydrazine groups is 1. The maximum absolute atomic E-state index is 11.6. The third kappa shape index (κ3) is 1.09. The van der Waals surface area contributed by atoms with Crippen molar-refractivity contribution in [2.45, 2.75) is 12.5 Å². The second-order valence-electron chi connectivity index (χ2n) is 4.01. The number of hydrogen-bond acceptors (Lipinski definition) is 5. The van der Waals surface area contributed by atoms with Crippen LogP contribution in [0.15, 0.2) is 9.98 Å². The Morgan fingerprint density at radius 2 is 2.43 bits per heavy atom. The number of amidine groups is 1. The molecule has 3 atom stereocenters. The van der Waals surface area contributed by atoms with E-state index >= 15 is 0 Å². The maximum atomic E-state index is 11.6. The summed E-state index contributed by atoms with van der Waals surface area (Å²) in [6.07, 6.45) is 2.73. The fourth-order valence-electron chi connectivity index (χ4n) is 2.32. The van der Waals surface area contributed by atoms with Gasteiger partial charge in [0.1, 0.15) is 5.84 Å². The van der Waals surface area contributed by atoms with E-state index in [1.807, 2.05) is 6.21 Å². The molecule has 5 heteroatoms. The van der Waals surface area contributed by atoms with E-state index in [2.05, 4.69) is 20.8 Å². The maximum Gasteiger partial charge on any atom is 0.159 e. The Balaban J connectivity index is 1.94. The number of rotatable bonds is 0. The van der Waals surface area contributed by atoms with Crippen molar-refractivity contribution in [2.24, 2.45) is 21.8 Å². The van der Waals surface area contributed by atoms with Crippen LogP contribution in [0.2, 0.25) is 0 Å². The molecular formula is C9H12N4O. The van der Waals surface area contributed by atoms with Crippen molar-refractivity contribution >= 4 is 17.8 Å². The minimum atomic E-state index is -0.0186. The zero-order valence-electron chi connectivity index (χ0n) is 7.73. The first-order valence-electron chi connectivity index (χ1n) is 4.94. The van der Waals surface area contributed by atoms with Crippen molar-refractivity contribution in [2.75, 3.05) is 13.1 Å². The lowest BCUT2D eigenvalue weighted by atomic mass is 9.82. The Morgan fingerprint density at radius 1 is 1.50 bits per heavy atom. The molecule has 3 heterocycles. The number of fused-ring (bicyclic) bond motifs is 2. The number of carbonyl (C=O) groups is 1. The second kappa shape index (κ2) is 2.88. The van der Waals surface area contributed by atoms with Gasteiger partial charge in [-0.2, -0.15) is 0 Å². The van der Waals surface area contributed by atoms with E-state index in [1.54, 1.807) is 0 Å². The lowest BCUT2D eigenvalue weighted by Crippen LogP contribution is -2.42. The van der Waals surface area contributed by atoms with Crippen LogP contribution in [-0.2, 0) is 4.79 Å². The molecule has 0 radical (unpaired) electrons. The first-order chi connectivity index (χ1) is 6.84. The van der Waals surface area contributed by atoms with Crippen molar-refractivity contribution in [1.29, 1.82) is 0 Å². The van der Waals surface area contributed by atoms with Gasteiger partial charge in [0.05, 0.1) is 12.6 Å². The molecule has 2 N–H and O–H groups in total. The molecule has 0 aromatic carbocycles. The van der Waals surface area contributed by atoms with Crippen LogP contribution in [-0.4, -0.2) is 37.0 Å². The van der Waals surface area contributed by atoms with Gasteiger partial charge in [0.2, 0.25) is 0 Å². The van der Waals surface area contributed by atoms with Crippen LogP contribution in [0.4, 0.5) is 0 Å². The van der Waals surface area contributed by atoms with E-state index in [1.165, 1.54) is 0 Å². The van der Waals surface area contributed by atoms with Crippen molar-refractivity contribution in [1.82, 2.24) is 10.9 Å². The SMILES string of the molecule is O=C1CN=CC2N=C3NNCC3CC12. The van der Waals surface area contributed by atoms with Crippen molar-refractivity contribution < 1.29 is 4.79 Å². The summed E-state index contributed by atoms with van der Waals surface area (Å²) >= 11 is 0. The van der Waals surface area contributed by atoms with Gasteiger partial charge in [-0.1, -0.05) is 0 Å². The first-order valence-corrected chi connectivity index (χ1v) is 4.94. The third-order valence-corrected chi connectivity index (χ3v) is 3.11. The van der Waals surface area contributed by atoms with E-state index in [9.17, 15) is 4.79 Å². The van der Waals surface area contributed by atoms with Gasteiger partial charge in [-0.05, 0) is 6.42 Å². The van der Waals surface area contributed by atoms with Crippen LogP contribution in [0.25, 0.3) is 0 Å². The Hall–Kier alpha value is -1.23. The molecule has 1 fully saturated rings. The molecule has 0 spiro atoms. The number of aliphatic imine (C=N–C) groups is 2. The summed E-state index contributed by atoms with van der Waals surface area (Å²) in [5.74, 6) is 1.70. The lowest BCUT2D eigenvalue weighted by Gasteiger charge is -2.29. The van der Waals surface area contributed by atoms with Crippen LogP contribution < -0.4 is 10.9 Å². The second-order valence-corrected chi connectivity index (χ2v) is 4.01. The molecule has 0 bridgehead atoms.